The van der Waals surface area contributed by atoms with E-state index in [0.29, 0.717) is 29.8 Å². The molecule has 0 radical (unpaired) electrons. The van der Waals surface area contributed by atoms with E-state index in [1.807, 2.05) is 0 Å². The van der Waals surface area contributed by atoms with Crippen molar-refractivity contribution in [2.24, 2.45) is 0 Å². The summed E-state index contributed by atoms with van der Waals surface area (Å²) >= 11 is 1.38. The molecule has 4 N–H and O–H groups in total. The molecule has 0 aromatic carbocycles. The number of nitrogens with one attached hydrogen (secondary N) is 4. The monoisotopic (exact) mass is 325 g/mol. The maximum atomic E-state index is 11.7. The second-order valence-electron chi connectivity index (χ2n) is 4.89. The maximum Gasteiger partial charge on any atom is 0.340 e. The number of hydrogen-bond acceptors (Lipinski definition) is 6. The van der Waals surface area contributed by atoms with Crippen LogP contribution in [0.1, 0.15) is 43.4 Å². The Morgan fingerprint density at radius 2 is 2.23 bits per heavy atom. The van der Waals surface area contributed by atoms with Crippen molar-refractivity contribution in [3.63, 3.8) is 0 Å². The second-order valence-corrected chi connectivity index (χ2v) is 5.90. The number of anilines is 1. The van der Waals surface area contributed by atoms with Crippen LogP contribution in [-0.2, 0) is 6.42 Å². The molecule has 1 atom stereocenters. The largest absolute Gasteiger partial charge is 0.340 e. The zero-order valence-corrected chi connectivity index (χ0v) is 13.3. The smallest absolute Gasteiger partial charge is 0.337 e. The van der Waals surface area contributed by atoms with Crippen molar-refractivity contribution < 1.29 is 4.79 Å². The van der Waals surface area contributed by atoms with Gasteiger partial charge < -0.3 is 5.32 Å². The summed E-state index contributed by atoms with van der Waals surface area (Å²) in [5.41, 5.74) is -0.359. The van der Waals surface area contributed by atoms with E-state index in [2.05, 4.69) is 49.9 Å². The Hall–Kier alpha value is -2.23. The summed E-state index contributed by atoms with van der Waals surface area (Å²) in [6.07, 6.45) is 2.56. The number of urea groups is 1. The quantitative estimate of drug-likeness (QED) is 0.608. The molecular formula is C12H19N7O2S. The number of amides is 2. The van der Waals surface area contributed by atoms with Crippen LogP contribution in [0, 0.1) is 0 Å². The SMILES string of the molecule is CCCC(C)c1nnc(NC(=O)NCCc2n[nH]c(=O)[nH]2)s1. The normalized spacial score (nSPS) is 12.1. The maximum absolute atomic E-state index is 11.7. The predicted octanol–water partition coefficient (Wildman–Crippen LogP) is 1.22. The lowest BCUT2D eigenvalue weighted by atomic mass is 10.1. The van der Waals surface area contributed by atoms with Gasteiger partial charge in [0.05, 0.1) is 0 Å². The van der Waals surface area contributed by atoms with Gasteiger partial charge in [-0.2, -0.15) is 5.10 Å². The van der Waals surface area contributed by atoms with Crippen LogP contribution in [0.4, 0.5) is 9.93 Å². The average molecular weight is 325 g/mol. The van der Waals surface area contributed by atoms with Gasteiger partial charge in [-0.15, -0.1) is 10.2 Å². The number of hydrogen-bond donors (Lipinski definition) is 4. The molecule has 0 saturated carbocycles. The highest BCUT2D eigenvalue weighted by molar-refractivity contribution is 7.15. The predicted molar refractivity (Wildman–Crippen MR) is 83.2 cm³/mol. The molecule has 0 aliphatic carbocycles. The van der Waals surface area contributed by atoms with E-state index in [9.17, 15) is 9.59 Å². The topological polar surface area (TPSA) is 128 Å². The molecule has 2 rings (SSSR count). The van der Waals surface area contributed by atoms with Crippen LogP contribution in [0.5, 0.6) is 0 Å². The minimum Gasteiger partial charge on any atom is -0.337 e. The Balaban J connectivity index is 1.76. The molecule has 0 aliphatic rings. The first-order valence-electron chi connectivity index (χ1n) is 7.10. The molecule has 2 amide bonds. The van der Waals surface area contributed by atoms with E-state index in [4.69, 9.17) is 0 Å². The number of carbonyl (C=O) groups is 1. The molecule has 0 aliphatic heterocycles. The standard InChI is InChI=1S/C12H19N7O2S/c1-3-4-7(2)9-17-19-12(22-9)15-10(20)13-6-5-8-14-11(21)18-16-8/h7H,3-6H2,1-2H3,(H2,13,15,19,20)(H2,14,16,18,21). The van der Waals surface area contributed by atoms with Crippen molar-refractivity contribution in [3.8, 4) is 0 Å². The van der Waals surface area contributed by atoms with Crippen LogP contribution in [0.25, 0.3) is 0 Å². The van der Waals surface area contributed by atoms with E-state index < -0.39 is 0 Å². The third kappa shape index (κ3) is 4.65. The van der Waals surface area contributed by atoms with Crippen molar-refractivity contribution in [3.05, 3.63) is 21.3 Å². The van der Waals surface area contributed by atoms with Crippen LogP contribution in [-0.4, -0.2) is 38.0 Å². The highest BCUT2D eigenvalue weighted by atomic mass is 32.1. The minimum atomic E-state index is -0.359. The van der Waals surface area contributed by atoms with E-state index in [1.54, 1.807) is 0 Å². The summed E-state index contributed by atoms with van der Waals surface area (Å²) < 4.78 is 0. The molecule has 0 saturated heterocycles. The summed E-state index contributed by atoms with van der Waals surface area (Å²) in [6.45, 7) is 4.57. The fourth-order valence-electron chi connectivity index (χ4n) is 1.90. The number of H-pyrrole nitrogens is 2. The highest BCUT2D eigenvalue weighted by Gasteiger charge is 2.12. The van der Waals surface area contributed by atoms with Crippen LogP contribution < -0.4 is 16.3 Å². The van der Waals surface area contributed by atoms with Gasteiger partial charge in [0.25, 0.3) is 0 Å². The Morgan fingerprint density at radius 3 is 2.91 bits per heavy atom. The zero-order chi connectivity index (χ0) is 15.9. The molecule has 2 aromatic heterocycles. The van der Waals surface area contributed by atoms with Gasteiger partial charge in [-0.1, -0.05) is 31.6 Å². The molecular weight excluding hydrogens is 306 g/mol. The third-order valence-corrected chi connectivity index (χ3v) is 4.07. The molecule has 10 heteroatoms. The number of aromatic nitrogens is 5. The Bertz CT molecular complexity index is 662. The summed E-state index contributed by atoms with van der Waals surface area (Å²) in [5.74, 6) is 0.842. The number of nitrogens with zero attached hydrogens (tertiary/aromatic N) is 3. The van der Waals surface area contributed by atoms with E-state index in [-0.39, 0.29) is 11.7 Å². The van der Waals surface area contributed by atoms with Gasteiger partial charge in [0.15, 0.2) is 0 Å². The van der Waals surface area contributed by atoms with Crippen LogP contribution in [0.15, 0.2) is 4.79 Å². The molecule has 1 unspecified atom stereocenters. The zero-order valence-electron chi connectivity index (χ0n) is 12.5. The van der Waals surface area contributed by atoms with E-state index in [1.165, 1.54) is 11.3 Å². The lowest BCUT2D eigenvalue weighted by Crippen LogP contribution is -2.30. The third-order valence-electron chi connectivity index (χ3n) is 3.00. The van der Waals surface area contributed by atoms with Gasteiger partial charge in [-0.25, -0.2) is 14.7 Å². The lowest BCUT2D eigenvalue weighted by Gasteiger charge is -2.04. The fourth-order valence-corrected chi connectivity index (χ4v) is 2.72. The average Bonchev–Trinajstić information content (AvgIpc) is 3.08. The van der Waals surface area contributed by atoms with Crippen molar-refractivity contribution in [1.29, 1.82) is 0 Å². The second kappa shape index (κ2) is 7.69. The van der Waals surface area contributed by atoms with Gasteiger partial charge in [-0.05, 0) is 6.42 Å². The van der Waals surface area contributed by atoms with E-state index >= 15 is 0 Å². The number of carbonyl (C=O) groups excluding carboxylic acids is 1. The Labute approximate surface area is 130 Å². The summed E-state index contributed by atoms with van der Waals surface area (Å²) in [6, 6.07) is -0.358. The van der Waals surface area contributed by atoms with Crippen LogP contribution >= 0.6 is 11.3 Å². The molecule has 2 aromatic rings. The molecule has 0 spiro atoms. The van der Waals surface area contributed by atoms with E-state index in [0.717, 1.165) is 17.8 Å². The molecule has 2 heterocycles. The summed E-state index contributed by atoms with van der Waals surface area (Å²) in [4.78, 5) is 25.1. The molecule has 0 bridgehead atoms. The van der Waals surface area contributed by atoms with Crippen LogP contribution in [0.3, 0.4) is 0 Å². The van der Waals surface area contributed by atoms with Crippen molar-refractivity contribution in [2.75, 3.05) is 11.9 Å². The molecule has 22 heavy (non-hydrogen) atoms. The first-order chi connectivity index (χ1) is 10.6. The number of aromatic amines is 2. The minimum absolute atomic E-state index is 0.345. The van der Waals surface area contributed by atoms with Crippen molar-refractivity contribution in [2.45, 2.75) is 39.0 Å². The van der Waals surface area contributed by atoms with Crippen molar-refractivity contribution >= 4 is 22.5 Å². The molecule has 0 fully saturated rings. The molecule has 9 nitrogen and oxygen atoms in total. The first-order valence-corrected chi connectivity index (χ1v) is 7.92. The lowest BCUT2D eigenvalue weighted by molar-refractivity contribution is 0.252. The Kier molecular flexibility index (Phi) is 5.64. The van der Waals surface area contributed by atoms with Gasteiger partial charge in [-0.3, -0.25) is 10.3 Å². The van der Waals surface area contributed by atoms with Gasteiger partial charge in [0, 0.05) is 18.9 Å². The first kappa shape index (κ1) is 16.1. The highest BCUT2D eigenvalue weighted by Crippen LogP contribution is 2.26. The van der Waals surface area contributed by atoms with Crippen molar-refractivity contribution in [1.82, 2.24) is 30.7 Å². The Morgan fingerprint density at radius 1 is 1.41 bits per heavy atom. The van der Waals surface area contributed by atoms with Crippen LogP contribution in [0.2, 0.25) is 0 Å². The van der Waals surface area contributed by atoms with Gasteiger partial charge in [0.1, 0.15) is 10.8 Å². The molecule has 120 valence electrons. The fraction of sp³-hybridized carbons (Fsp3) is 0.583. The summed E-state index contributed by atoms with van der Waals surface area (Å²) in [7, 11) is 0. The van der Waals surface area contributed by atoms with Gasteiger partial charge >= 0.3 is 11.7 Å². The number of rotatable bonds is 7. The van der Waals surface area contributed by atoms with Gasteiger partial charge in [0.2, 0.25) is 5.13 Å². The summed E-state index contributed by atoms with van der Waals surface area (Å²) in [5, 5.41) is 20.8.